The van der Waals surface area contributed by atoms with Crippen LogP contribution in [0.3, 0.4) is 0 Å². The first-order chi connectivity index (χ1) is 12.2. The van der Waals surface area contributed by atoms with E-state index in [1.54, 1.807) is 6.07 Å². The minimum absolute atomic E-state index is 0.0678. The number of ether oxygens (including phenoxy) is 1. The fourth-order valence-electron chi connectivity index (χ4n) is 2.21. The zero-order valence-electron chi connectivity index (χ0n) is 13.1. The summed E-state index contributed by atoms with van der Waals surface area (Å²) in [5.41, 5.74) is 1.40. The summed E-state index contributed by atoms with van der Waals surface area (Å²) >= 11 is 5.17. The van der Waals surface area contributed by atoms with Crippen LogP contribution in [0.1, 0.15) is 12.1 Å². The van der Waals surface area contributed by atoms with E-state index < -0.39 is 21.7 Å². The molecule has 2 heterocycles. The molecular formula is C16H15AsClN4O3. The minimum atomic E-state index is -0.888. The van der Waals surface area contributed by atoms with E-state index >= 15 is 0 Å². The predicted octanol–water partition coefficient (Wildman–Crippen LogP) is 0.643. The number of fused-ring (bicyclic) bond motifs is 1. The normalized spacial score (nSPS) is 11.4. The molecule has 3 rings (SSSR count). The van der Waals surface area contributed by atoms with Gasteiger partial charge in [0.15, 0.2) is 0 Å². The Morgan fingerprint density at radius 2 is 2.20 bits per heavy atom. The van der Waals surface area contributed by atoms with Gasteiger partial charge in [-0.3, -0.25) is 0 Å². The first-order valence-corrected chi connectivity index (χ1v) is 9.98. The fraction of sp³-hybridized carbons (Fsp3) is 0.250. The van der Waals surface area contributed by atoms with E-state index in [4.69, 9.17) is 21.4 Å². The topological polar surface area (TPSA) is 101 Å². The van der Waals surface area contributed by atoms with Gasteiger partial charge in [-0.25, -0.2) is 0 Å². The molecular weight excluding hydrogens is 407 g/mol. The van der Waals surface area contributed by atoms with E-state index in [9.17, 15) is 4.79 Å². The van der Waals surface area contributed by atoms with Crippen molar-refractivity contribution in [2.75, 3.05) is 12.5 Å². The molecule has 1 aromatic carbocycles. The van der Waals surface area contributed by atoms with Crippen LogP contribution >= 0.6 is 11.6 Å². The molecule has 0 amide bonds. The third kappa shape index (κ3) is 4.71. The van der Waals surface area contributed by atoms with E-state index in [2.05, 4.69) is 20.2 Å². The van der Waals surface area contributed by atoms with Gasteiger partial charge in [-0.05, 0) is 0 Å². The fourth-order valence-corrected chi connectivity index (χ4v) is 4.33. The number of benzene rings is 1. The van der Waals surface area contributed by atoms with Crippen molar-refractivity contribution in [3.63, 3.8) is 0 Å². The molecule has 2 aromatic heterocycles. The average Bonchev–Trinajstić information content (AvgIpc) is 3.01. The summed E-state index contributed by atoms with van der Waals surface area (Å²) < 4.78 is 7.39. The third-order valence-electron chi connectivity index (χ3n) is 3.31. The number of aromatic amines is 1. The molecule has 0 atom stereocenters. The molecule has 25 heavy (non-hydrogen) atoms. The van der Waals surface area contributed by atoms with Crippen LogP contribution in [0.25, 0.3) is 10.9 Å². The van der Waals surface area contributed by atoms with E-state index in [-0.39, 0.29) is 6.42 Å². The van der Waals surface area contributed by atoms with Crippen molar-refractivity contribution in [2.24, 2.45) is 0 Å². The summed E-state index contributed by atoms with van der Waals surface area (Å²) in [6, 6.07) is 7.51. The second-order valence-corrected chi connectivity index (χ2v) is 7.90. The molecule has 7 nitrogen and oxygen atoms in total. The van der Waals surface area contributed by atoms with Gasteiger partial charge in [0.05, 0.1) is 0 Å². The Bertz CT molecular complexity index is 887. The number of carbonyl (C=O) groups is 1. The van der Waals surface area contributed by atoms with Crippen molar-refractivity contribution in [3.05, 3.63) is 36.3 Å². The molecule has 9 heteroatoms. The number of nitrogens with one attached hydrogen (secondary N) is 1. The van der Waals surface area contributed by atoms with Gasteiger partial charge in [-0.1, -0.05) is 0 Å². The van der Waals surface area contributed by atoms with Crippen LogP contribution in [0.15, 0.2) is 30.6 Å². The number of alkyl halides is 1. The number of aliphatic carboxylic acids is 1. The molecule has 0 aliphatic rings. The summed E-state index contributed by atoms with van der Waals surface area (Å²) in [4.78, 5) is 19.4. The summed E-state index contributed by atoms with van der Waals surface area (Å²) in [6.07, 6.45) is 2.25. The summed E-state index contributed by atoms with van der Waals surface area (Å²) in [5.74, 6) is 0.430. The van der Waals surface area contributed by atoms with Gasteiger partial charge in [0.2, 0.25) is 0 Å². The van der Waals surface area contributed by atoms with Crippen LogP contribution in [0, 0.1) is 0 Å². The molecule has 0 aliphatic carbocycles. The molecule has 2 N–H and O–H groups in total. The Balaban J connectivity index is 1.79. The molecule has 0 aliphatic heterocycles. The van der Waals surface area contributed by atoms with Gasteiger partial charge < -0.3 is 0 Å². The Morgan fingerprint density at radius 3 is 3.00 bits per heavy atom. The predicted molar refractivity (Wildman–Crippen MR) is 95.3 cm³/mol. The number of H-pyrrole nitrogens is 1. The molecule has 0 spiro atoms. The Kier molecular flexibility index (Phi) is 5.89. The summed E-state index contributed by atoms with van der Waals surface area (Å²) in [7, 11) is 0. The summed E-state index contributed by atoms with van der Waals surface area (Å²) in [5, 5.41) is 16.7. The van der Waals surface area contributed by atoms with Gasteiger partial charge in [-0.2, -0.15) is 0 Å². The molecule has 129 valence electrons. The van der Waals surface area contributed by atoms with Crippen molar-refractivity contribution >= 4 is 53.2 Å². The van der Waals surface area contributed by atoms with Crippen LogP contribution < -0.4 is 13.7 Å². The van der Waals surface area contributed by atoms with Crippen LogP contribution in [-0.2, 0) is 11.2 Å². The zero-order valence-corrected chi connectivity index (χ0v) is 15.8. The van der Waals surface area contributed by atoms with E-state index in [1.165, 1.54) is 6.33 Å². The molecule has 0 unspecified atom stereocenters. The summed E-state index contributed by atoms with van der Waals surface area (Å²) in [6.45, 7) is 0.568. The molecule has 0 fully saturated rings. The molecule has 0 saturated carbocycles. The number of nitrogens with zero attached hydrogens (tertiary/aromatic N) is 3. The number of hydrogen-bond donors (Lipinski definition) is 2. The number of rotatable bonds is 8. The standard InChI is InChI=1S/C16H15AsClN4O3/c18-4-1-5-25-11-2-3-12-13(8-11)19-9-20-16(12)17-14-6-10(21-22-14)7-15(23)24/h2-3,6,8-9H,1,4-5,7H2,(H,21,22)(H,23,24). The number of hydrogen-bond acceptors (Lipinski definition) is 5. The van der Waals surface area contributed by atoms with Crippen molar-refractivity contribution in [3.8, 4) is 5.75 Å². The number of aromatic nitrogens is 4. The van der Waals surface area contributed by atoms with Crippen LogP contribution in [-0.4, -0.2) is 59.5 Å². The first-order valence-electron chi connectivity index (χ1n) is 7.57. The Labute approximate surface area is 155 Å². The molecule has 3 aromatic rings. The van der Waals surface area contributed by atoms with Gasteiger partial charge in [0, 0.05) is 0 Å². The molecule has 1 radical (unpaired) electrons. The quantitative estimate of drug-likeness (QED) is 0.314. The van der Waals surface area contributed by atoms with E-state index in [0.29, 0.717) is 18.2 Å². The van der Waals surface area contributed by atoms with Crippen molar-refractivity contribution in [1.29, 1.82) is 0 Å². The second kappa shape index (κ2) is 8.32. The molecule has 0 saturated heterocycles. The number of carboxylic acids is 1. The number of carboxylic acid groups (broad SMARTS) is 1. The van der Waals surface area contributed by atoms with Gasteiger partial charge in [0.25, 0.3) is 0 Å². The zero-order chi connectivity index (χ0) is 17.6. The second-order valence-electron chi connectivity index (χ2n) is 5.20. The first kappa shape index (κ1) is 17.7. The molecule has 0 bridgehead atoms. The SMILES string of the molecule is O=C(O)Cc1cc([As]c2ncnc3cc(OCCCCl)ccc23)n[nH]1. The van der Waals surface area contributed by atoms with Crippen LogP contribution in [0.5, 0.6) is 5.75 Å². The van der Waals surface area contributed by atoms with E-state index in [1.807, 2.05) is 18.2 Å². The Hall–Kier alpha value is -2.11. The van der Waals surface area contributed by atoms with Gasteiger partial charge in [-0.15, -0.1) is 0 Å². The maximum absolute atomic E-state index is 10.8. The van der Waals surface area contributed by atoms with Gasteiger partial charge >= 0.3 is 155 Å². The van der Waals surface area contributed by atoms with Gasteiger partial charge in [0.1, 0.15) is 0 Å². The van der Waals surface area contributed by atoms with Crippen molar-refractivity contribution in [2.45, 2.75) is 12.8 Å². The maximum atomic E-state index is 10.8. The average molecular weight is 422 g/mol. The number of halogens is 1. The third-order valence-corrected chi connectivity index (χ3v) is 5.73. The van der Waals surface area contributed by atoms with Crippen LogP contribution in [0.2, 0.25) is 0 Å². The van der Waals surface area contributed by atoms with Crippen molar-refractivity contribution < 1.29 is 14.6 Å². The van der Waals surface area contributed by atoms with Crippen LogP contribution in [0.4, 0.5) is 0 Å². The van der Waals surface area contributed by atoms with Crippen molar-refractivity contribution in [1.82, 2.24) is 20.2 Å². The van der Waals surface area contributed by atoms with E-state index in [0.717, 1.165) is 32.0 Å². The Morgan fingerprint density at radius 1 is 1.32 bits per heavy atom. The monoisotopic (exact) mass is 421 g/mol.